The predicted molar refractivity (Wildman–Crippen MR) is 99.8 cm³/mol. The van der Waals surface area contributed by atoms with Crippen molar-refractivity contribution in [3.8, 4) is 5.88 Å². The maximum Gasteiger partial charge on any atom is 0.319 e. The molecule has 0 spiro atoms. The number of carbonyl (C=O) groups is 1. The molecule has 0 unspecified atom stereocenters. The monoisotopic (exact) mass is 383 g/mol. The van der Waals surface area contributed by atoms with Gasteiger partial charge in [-0.3, -0.25) is 0 Å². The second-order valence-electron chi connectivity index (χ2n) is 5.31. The fourth-order valence-corrected chi connectivity index (χ4v) is 2.32. The van der Waals surface area contributed by atoms with Crippen LogP contribution in [0.3, 0.4) is 0 Å². The molecule has 0 fully saturated rings. The maximum atomic E-state index is 12.0. The van der Waals surface area contributed by atoms with Crippen molar-refractivity contribution >= 4 is 40.7 Å². The maximum absolute atomic E-state index is 12.0. The molecule has 3 N–H and O–H groups in total. The first-order valence-electron chi connectivity index (χ1n) is 7.67. The second-order valence-corrected chi connectivity index (χ2v) is 6.16. The third-order valence-electron chi connectivity index (χ3n) is 2.88. The van der Waals surface area contributed by atoms with E-state index in [-0.39, 0.29) is 12.1 Å². The van der Waals surface area contributed by atoms with Gasteiger partial charge in [0.1, 0.15) is 11.5 Å². The highest BCUT2D eigenvalue weighted by molar-refractivity contribution is 6.35. The van der Waals surface area contributed by atoms with Crippen LogP contribution >= 0.6 is 23.2 Å². The minimum absolute atomic E-state index is 0.0423. The first-order chi connectivity index (χ1) is 12.0. The van der Waals surface area contributed by atoms with Crippen molar-refractivity contribution in [1.29, 1.82) is 0 Å². The lowest BCUT2D eigenvalue weighted by molar-refractivity contribution is 0.233. The van der Waals surface area contributed by atoms with Crippen LogP contribution < -0.4 is 20.7 Å². The molecule has 134 valence electrons. The molecule has 0 atom stereocenters. The molecule has 0 aromatic carbocycles. The van der Waals surface area contributed by atoms with E-state index in [4.69, 9.17) is 27.9 Å². The number of nitrogens with zero attached hydrogens (tertiary/aromatic N) is 2. The van der Waals surface area contributed by atoms with Gasteiger partial charge >= 0.3 is 6.03 Å². The summed E-state index contributed by atoms with van der Waals surface area (Å²) in [5.41, 5.74) is 0.504. The first-order valence-corrected chi connectivity index (χ1v) is 8.42. The largest absolute Gasteiger partial charge is 0.473 e. The van der Waals surface area contributed by atoms with Crippen LogP contribution in [0, 0.1) is 0 Å². The average Bonchev–Trinajstić information content (AvgIpc) is 2.54. The molecule has 0 saturated carbocycles. The van der Waals surface area contributed by atoms with Gasteiger partial charge in [0.25, 0.3) is 0 Å². The molecule has 9 heteroatoms. The molecule has 25 heavy (non-hydrogen) atoms. The summed E-state index contributed by atoms with van der Waals surface area (Å²) in [6.45, 7) is 4.59. The van der Waals surface area contributed by atoms with Gasteiger partial charge in [-0.25, -0.2) is 14.8 Å². The quantitative estimate of drug-likeness (QED) is 0.632. The van der Waals surface area contributed by atoms with Gasteiger partial charge < -0.3 is 20.7 Å². The van der Waals surface area contributed by atoms with Crippen LogP contribution in [0.2, 0.25) is 10.0 Å². The molecule has 2 aromatic heterocycles. The number of hydrogen-bond acceptors (Lipinski definition) is 5. The summed E-state index contributed by atoms with van der Waals surface area (Å²) >= 11 is 11.8. The van der Waals surface area contributed by atoms with Crippen LogP contribution in [-0.4, -0.2) is 35.2 Å². The van der Waals surface area contributed by atoms with E-state index in [1.165, 1.54) is 6.20 Å². The fourth-order valence-electron chi connectivity index (χ4n) is 1.87. The SMILES string of the molecule is CC(C)Oc1ncccc1NC(=O)NCCNc1ncc(Cl)cc1Cl. The Bertz CT molecular complexity index is 727. The summed E-state index contributed by atoms with van der Waals surface area (Å²) < 4.78 is 5.55. The van der Waals surface area contributed by atoms with Crippen molar-refractivity contribution < 1.29 is 9.53 Å². The summed E-state index contributed by atoms with van der Waals surface area (Å²) in [4.78, 5) is 20.2. The number of nitrogens with one attached hydrogen (secondary N) is 3. The third kappa shape index (κ3) is 6.28. The summed E-state index contributed by atoms with van der Waals surface area (Å²) in [5, 5.41) is 9.33. The third-order valence-corrected chi connectivity index (χ3v) is 3.37. The van der Waals surface area contributed by atoms with Crippen molar-refractivity contribution in [2.24, 2.45) is 0 Å². The van der Waals surface area contributed by atoms with Gasteiger partial charge in [-0.15, -0.1) is 0 Å². The van der Waals surface area contributed by atoms with Gasteiger partial charge in [0.2, 0.25) is 5.88 Å². The molecule has 2 heterocycles. The van der Waals surface area contributed by atoms with Gasteiger partial charge in [0.15, 0.2) is 0 Å². The highest BCUT2D eigenvalue weighted by Crippen LogP contribution is 2.22. The number of urea groups is 1. The van der Waals surface area contributed by atoms with E-state index >= 15 is 0 Å². The predicted octanol–water partition coefficient (Wildman–Crippen LogP) is 3.80. The molecular weight excluding hydrogens is 365 g/mol. The number of pyridine rings is 2. The number of aromatic nitrogens is 2. The number of rotatable bonds is 7. The lowest BCUT2D eigenvalue weighted by Gasteiger charge is -2.14. The van der Waals surface area contributed by atoms with E-state index in [0.29, 0.717) is 40.5 Å². The molecule has 2 aromatic rings. The Morgan fingerprint density at radius 3 is 2.80 bits per heavy atom. The van der Waals surface area contributed by atoms with Crippen molar-refractivity contribution in [3.05, 3.63) is 40.6 Å². The second kappa shape index (κ2) is 9.29. The standard InChI is InChI=1S/C16H19Cl2N5O2/c1-10(2)25-15-13(4-3-5-20-15)23-16(24)21-7-6-19-14-12(18)8-11(17)9-22-14/h3-5,8-10H,6-7H2,1-2H3,(H,19,22)(H2,21,23,24). The molecule has 7 nitrogen and oxygen atoms in total. The number of carbonyl (C=O) groups excluding carboxylic acids is 1. The summed E-state index contributed by atoms with van der Waals surface area (Å²) in [5.74, 6) is 0.885. The van der Waals surface area contributed by atoms with Crippen molar-refractivity contribution in [3.63, 3.8) is 0 Å². The molecule has 0 radical (unpaired) electrons. The van der Waals surface area contributed by atoms with Gasteiger partial charge in [-0.1, -0.05) is 23.2 Å². The zero-order valence-electron chi connectivity index (χ0n) is 13.8. The normalized spacial score (nSPS) is 10.4. The molecule has 0 bridgehead atoms. The van der Waals surface area contributed by atoms with E-state index in [0.717, 1.165) is 0 Å². The lowest BCUT2D eigenvalue weighted by Crippen LogP contribution is -2.33. The molecule has 0 saturated heterocycles. The van der Waals surface area contributed by atoms with Crippen LogP contribution in [0.25, 0.3) is 0 Å². The van der Waals surface area contributed by atoms with Crippen LogP contribution in [-0.2, 0) is 0 Å². The van der Waals surface area contributed by atoms with Gasteiger partial charge in [-0.2, -0.15) is 0 Å². The van der Waals surface area contributed by atoms with Crippen LogP contribution in [0.5, 0.6) is 5.88 Å². The van der Waals surface area contributed by atoms with E-state index in [1.54, 1.807) is 24.4 Å². The molecular formula is C16H19Cl2N5O2. The Morgan fingerprint density at radius 1 is 1.28 bits per heavy atom. The summed E-state index contributed by atoms with van der Waals surface area (Å²) in [6.07, 6.45) is 3.06. The van der Waals surface area contributed by atoms with Crippen molar-refractivity contribution in [2.45, 2.75) is 20.0 Å². The smallest absolute Gasteiger partial charge is 0.319 e. The Labute approximate surface area is 156 Å². The van der Waals surface area contributed by atoms with Crippen LogP contribution in [0.1, 0.15) is 13.8 Å². The zero-order chi connectivity index (χ0) is 18.2. The van der Waals surface area contributed by atoms with E-state index in [2.05, 4.69) is 25.9 Å². The van der Waals surface area contributed by atoms with Crippen LogP contribution in [0.4, 0.5) is 16.3 Å². The molecule has 0 aliphatic carbocycles. The highest BCUT2D eigenvalue weighted by Gasteiger charge is 2.10. The first kappa shape index (κ1) is 19.1. The summed E-state index contributed by atoms with van der Waals surface area (Å²) in [6, 6.07) is 4.68. The van der Waals surface area contributed by atoms with Gasteiger partial charge in [0.05, 0.1) is 16.1 Å². The summed E-state index contributed by atoms with van der Waals surface area (Å²) in [7, 11) is 0. The van der Waals surface area contributed by atoms with E-state index in [9.17, 15) is 4.79 Å². The molecule has 0 aliphatic rings. The Morgan fingerprint density at radius 2 is 2.08 bits per heavy atom. The highest BCUT2D eigenvalue weighted by atomic mass is 35.5. The number of anilines is 2. The van der Waals surface area contributed by atoms with E-state index < -0.39 is 0 Å². The van der Waals surface area contributed by atoms with E-state index in [1.807, 2.05) is 13.8 Å². The minimum atomic E-state index is -0.362. The Kier molecular flexibility index (Phi) is 7.09. The lowest BCUT2D eigenvalue weighted by atomic mass is 10.4. The number of hydrogen-bond donors (Lipinski definition) is 3. The number of ether oxygens (including phenoxy) is 1. The topological polar surface area (TPSA) is 88.2 Å². The van der Waals surface area contributed by atoms with Gasteiger partial charge in [0, 0.05) is 25.5 Å². The molecule has 2 rings (SSSR count). The average molecular weight is 384 g/mol. The Hall–Kier alpha value is -2.25. The minimum Gasteiger partial charge on any atom is -0.473 e. The van der Waals surface area contributed by atoms with Crippen LogP contribution in [0.15, 0.2) is 30.6 Å². The number of halogens is 2. The molecule has 2 amide bonds. The molecule has 0 aliphatic heterocycles. The Balaban J connectivity index is 1.79. The van der Waals surface area contributed by atoms with Crippen molar-refractivity contribution in [1.82, 2.24) is 15.3 Å². The van der Waals surface area contributed by atoms with Gasteiger partial charge in [-0.05, 0) is 32.0 Å². The zero-order valence-corrected chi connectivity index (χ0v) is 15.4. The fraction of sp³-hybridized carbons (Fsp3) is 0.312. The van der Waals surface area contributed by atoms with Crippen molar-refractivity contribution in [2.75, 3.05) is 23.7 Å². The number of amides is 2.